The van der Waals surface area contributed by atoms with Crippen LogP contribution < -0.4 is 10.6 Å². The fourth-order valence-electron chi connectivity index (χ4n) is 2.00. The molecule has 0 atom stereocenters. The summed E-state index contributed by atoms with van der Waals surface area (Å²) < 4.78 is 0. The smallest absolute Gasteiger partial charge is 0.180 e. The summed E-state index contributed by atoms with van der Waals surface area (Å²) in [6.45, 7) is 2.42. The maximum atomic E-state index is 5.64. The normalized spacial score (nSPS) is 11.2. The predicted octanol–water partition coefficient (Wildman–Crippen LogP) is 1.91. The maximum absolute atomic E-state index is 5.64. The Balaban J connectivity index is 2.10. The van der Waals surface area contributed by atoms with E-state index in [-0.39, 0.29) is 0 Å². The van der Waals surface area contributed by atoms with E-state index < -0.39 is 0 Å². The first-order valence-corrected chi connectivity index (χ1v) is 7.11. The van der Waals surface area contributed by atoms with Crippen LogP contribution in [-0.2, 0) is 6.54 Å². The summed E-state index contributed by atoms with van der Waals surface area (Å²) in [4.78, 5) is 19.8. The van der Waals surface area contributed by atoms with Gasteiger partial charge in [0.1, 0.15) is 10.8 Å². The molecule has 3 rings (SSSR count). The van der Waals surface area contributed by atoms with Gasteiger partial charge in [-0.3, -0.25) is 0 Å². The average molecular weight is 288 g/mol. The summed E-state index contributed by atoms with van der Waals surface area (Å²) in [5.41, 5.74) is 8.22. The number of aryl methyl sites for hydroxylation is 1. The van der Waals surface area contributed by atoms with Gasteiger partial charge in [0.05, 0.1) is 16.1 Å². The van der Waals surface area contributed by atoms with Crippen molar-refractivity contribution in [1.29, 1.82) is 0 Å². The first-order chi connectivity index (χ1) is 9.58. The topological polar surface area (TPSA) is 83.7 Å². The number of nitrogens with two attached hydrogens (primary N) is 1. The minimum atomic E-state index is 0.453. The number of imidazole rings is 1. The lowest BCUT2D eigenvalue weighted by atomic mass is 10.4. The van der Waals surface area contributed by atoms with E-state index in [0.29, 0.717) is 12.2 Å². The molecule has 20 heavy (non-hydrogen) atoms. The highest BCUT2D eigenvalue weighted by atomic mass is 32.1. The largest absolute Gasteiger partial charge is 0.363 e. The van der Waals surface area contributed by atoms with Gasteiger partial charge in [0, 0.05) is 20.6 Å². The number of nitrogens with one attached hydrogen (secondary N) is 1. The summed E-state index contributed by atoms with van der Waals surface area (Å²) in [6, 6.07) is 3.96. The molecule has 0 amide bonds. The number of nitrogens with zero attached hydrogens (tertiary/aromatic N) is 4. The molecule has 104 valence electrons. The quantitative estimate of drug-likeness (QED) is 0.769. The van der Waals surface area contributed by atoms with Gasteiger partial charge < -0.3 is 15.6 Å². The van der Waals surface area contributed by atoms with E-state index in [2.05, 4.69) is 19.9 Å². The van der Waals surface area contributed by atoms with E-state index in [9.17, 15) is 0 Å². The van der Waals surface area contributed by atoms with Crippen LogP contribution in [0.15, 0.2) is 12.1 Å². The molecule has 3 N–H and O–H groups in total. The standard InChI is InChI=1S/C13H16N6S/c1-7-11(20-10(6-14)15-7)13-16-8-4-5-9(19(2)3)17-12(8)18-13/h4-5H,6,14H2,1-3H3,(H,16,17,18). The summed E-state index contributed by atoms with van der Waals surface area (Å²) in [7, 11) is 3.92. The van der Waals surface area contributed by atoms with Crippen LogP contribution in [0.3, 0.4) is 0 Å². The summed E-state index contributed by atoms with van der Waals surface area (Å²) in [5, 5.41) is 0.917. The Kier molecular flexibility index (Phi) is 3.15. The van der Waals surface area contributed by atoms with Crippen molar-refractivity contribution in [2.75, 3.05) is 19.0 Å². The Hall–Kier alpha value is -1.99. The molecule has 3 heterocycles. The van der Waals surface area contributed by atoms with Gasteiger partial charge in [-0.1, -0.05) is 0 Å². The van der Waals surface area contributed by atoms with Crippen molar-refractivity contribution in [3.05, 3.63) is 22.8 Å². The fourth-order valence-corrected chi connectivity index (χ4v) is 2.89. The number of thiazole rings is 1. The second-order valence-corrected chi connectivity index (χ2v) is 5.83. The van der Waals surface area contributed by atoms with Gasteiger partial charge in [0.25, 0.3) is 0 Å². The molecule has 0 saturated carbocycles. The number of hydrogen-bond acceptors (Lipinski definition) is 6. The van der Waals surface area contributed by atoms with Crippen LogP contribution in [0.5, 0.6) is 0 Å². The van der Waals surface area contributed by atoms with Crippen molar-refractivity contribution in [3.63, 3.8) is 0 Å². The van der Waals surface area contributed by atoms with Crippen molar-refractivity contribution in [1.82, 2.24) is 19.9 Å². The highest BCUT2D eigenvalue weighted by Crippen LogP contribution is 2.29. The van der Waals surface area contributed by atoms with Crippen LogP contribution in [0.2, 0.25) is 0 Å². The predicted molar refractivity (Wildman–Crippen MR) is 82.0 cm³/mol. The Bertz CT molecular complexity index is 757. The first kappa shape index (κ1) is 13.0. The van der Waals surface area contributed by atoms with Crippen molar-refractivity contribution < 1.29 is 0 Å². The van der Waals surface area contributed by atoms with Crippen molar-refractivity contribution >= 4 is 28.3 Å². The summed E-state index contributed by atoms with van der Waals surface area (Å²) in [5.74, 6) is 1.69. The third-order valence-corrected chi connectivity index (χ3v) is 4.21. The lowest BCUT2D eigenvalue weighted by Gasteiger charge is -2.09. The van der Waals surface area contributed by atoms with Crippen LogP contribution in [0.4, 0.5) is 5.82 Å². The lowest BCUT2D eigenvalue weighted by molar-refractivity contribution is 1.02. The molecule has 3 aromatic rings. The SMILES string of the molecule is Cc1nc(CN)sc1-c1nc2nc(N(C)C)ccc2[nH]1. The number of H-pyrrole nitrogens is 1. The van der Waals surface area contributed by atoms with Gasteiger partial charge in [0.15, 0.2) is 11.5 Å². The second kappa shape index (κ2) is 4.84. The molecule has 0 fully saturated rings. The van der Waals surface area contributed by atoms with Crippen LogP contribution in [0.25, 0.3) is 21.9 Å². The molecule has 0 aromatic carbocycles. The third-order valence-electron chi connectivity index (χ3n) is 3.02. The van der Waals surface area contributed by atoms with E-state index in [1.54, 1.807) is 11.3 Å². The number of aromatic nitrogens is 4. The number of hydrogen-bond donors (Lipinski definition) is 2. The molecule has 0 spiro atoms. The molecule has 0 saturated heterocycles. The summed E-state index contributed by atoms with van der Waals surface area (Å²) >= 11 is 1.57. The third kappa shape index (κ3) is 2.14. The molecule has 0 bridgehead atoms. The van der Waals surface area contributed by atoms with Gasteiger partial charge in [-0.15, -0.1) is 11.3 Å². The molecule has 0 unspecified atom stereocenters. The van der Waals surface area contributed by atoms with E-state index in [1.807, 2.05) is 38.1 Å². The summed E-state index contributed by atoms with van der Waals surface area (Å²) in [6.07, 6.45) is 0. The monoisotopic (exact) mass is 288 g/mol. The van der Waals surface area contributed by atoms with Gasteiger partial charge in [-0.05, 0) is 19.1 Å². The minimum absolute atomic E-state index is 0.453. The van der Waals surface area contributed by atoms with Gasteiger partial charge in [0.2, 0.25) is 0 Å². The first-order valence-electron chi connectivity index (χ1n) is 6.29. The molecular weight excluding hydrogens is 272 g/mol. The van der Waals surface area contributed by atoms with E-state index in [0.717, 1.165) is 32.7 Å². The Labute approximate surface area is 120 Å². The molecule has 0 aliphatic carbocycles. The number of aromatic amines is 1. The number of anilines is 1. The van der Waals surface area contributed by atoms with Gasteiger partial charge in [-0.2, -0.15) is 0 Å². The molecule has 6 nitrogen and oxygen atoms in total. The van der Waals surface area contributed by atoms with Gasteiger partial charge >= 0.3 is 0 Å². The number of pyridine rings is 1. The number of rotatable bonds is 3. The molecule has 0 radical (unpaired) electrons. The Morgan fingerprint density at radius 1 is 1.25 bits per heavy atom. The highest BCUT2D eigenvalue weighted by molar-refractivity contribution is 7.15. The van der Waals surface area contributed by atoms with E-state index in [4.69, 9.17) is 5.73 Å². The Morgan fingerprint density at radius 3 is 2.70 bits per heavy atom. The molecule has 0 aliphatic heterocycles. The van der Waals surface area contributed by atoms with Crippen LogP contribution in [-0.4, -0.2) is 34.0 Å². The average Bonchev–Trinajstić information content (AvgIpc) is 3.00. The van der Waals surface area contributed by atoms with Gasteiger partial charge in [-0.25, -0.2) is 15.0 Å². The zero-order valence-electron chi connectivity index (χ0n) is 11.6. The second-order valence-electron chi connectivity index (χ2n) is 4.75. The van der Waals surface area contributed by atoms with Crippen molar-refractivity contribution in [2.24, 2.45) is 5.73 Å². The molecule has 0 aliphatic rings. The molecule has 7 heteroatoms. The number of fused-ring (bicyclic) bond motifs is 1. The van der Waals surface area contributed by atoms with Crippen LogP contribution in [0.1, 0.15) is 10.7 Å². The minimum Gasteiger partial charge on any atom is -0.363 e. The van der Waals surface area contributed by atoms with Crippen LogP contribution in [0, 0.1) is 6.92 Å². The molecular formula is C13H16N6S. The van der Waals surface area contributed by atoms with Crippen molar-refractivity contribution in [2.45, 2.75) is 13.5 Å². The van der Waals surface area contributed by atoms with Crippen molar-refractivity contribution in [3.8, 4) is 10.7 Å². The fraction of sp³-hybridized carbons (Fsp3) is 0.308. The molecule has 3 aromatic heterocycles. The maximum Gasteiger partial charge on any atom is 0.180 e. The van der Waals surface area contributed by atoms with E-state index >= 15 is 0 Å². The lowest BCUT2D eigenvalue weighted by Crippen LogP contribution is -2.10. The Morgan fingerprint density at radius 2 is 2.05 bits per heavy atom. The zero-order valence-corrected chi connectivity index (χ0v) is 12.5. The van der Waals surface area contributed by atoms with E-state index in [1.165, 1.54) is 0 Å². The zero-order chi connectivity index (χ0) is 14.3. The highest BCUT2D eigenvalue weighted by Gasteiger charge is 2.14. The van der Waals surface area contributed by atoms with Crippen LogP contribution >= 0.6 is 11.3 Å².